The molecule has 2 amide bonds. The largest absolute Gasteiger partial charge is 0.334 e. The van der Waals surface area contributed by atoms with E-state index < -0.39 is 11.8 Å². The van der Waals surface area contributed by atoms with Crippen molar-refractivity contribution in [3.63, 3.8) is 0 Å². The second-order valence-electron chi connectivity index (χ2n) is 6.66. The summed E-state index contributed by atoms with van der Waals surface area (Å²) >= 11 is 0. The van der Waals surface area contributed by atoms with Crippen molar-refractivity contribution in [2.24, 2.45) is 13.0 Å². The zero-order valence-corrected chi connectivity index (χ0v) is 14.7. The lowest BCUT2D eigenvalue weighted by Gasteiger charge is -2.29. The van der Waals surface area contributed by atoms with Gasteiger partial charge in [-0.15, -0.1) is 0 Å². The summed E-state index contributed by atoms with van der Waals surface area (Å²) < 4.78 is 1.53. The van der Waals surface area contributed by atoms with Crippen LogP contribution in [0.4, 0.5) is 5.82 Å². The molecule has 1 heterocycles. The van der Waals surface area contributed by atoms with Gasteiger partial charge in [0.15, 0.2) is 0 Å². The average Bonchev–Trinajstić information content (AvgIpc) is 3.24. The minimum Gasteiger partial charge on any atom is -0.334 e. The minimum atomic E-state index is -0.614. The van der Waals surface area contributed by atoms with E-state index in [1.54, 1.807) is 31.3 Å². The van der Waals surface area contributed by atoms with Gasteiger partial charge in [-0.2, -0.15) is 5.10 Å². The molecule has 0 aliphatic heterocycles. The number of carbonyl (C=O) groups is 2. The fourth-order valence-electron chi connectivity index (χ4n) is 3.66. The van der Waals surface area contributed by atoms with Crippen LogP contribution in [0.2, 0.25) is 0 Å². The molecule has 1 aliphatic rings. The summed E-state index contributed by atoms with van der Waals surface area (Å²) in [4.78, 5) is 26.4. The van der Waals surface area contributed by atoms with Crippen LogP contribution in [0.25, 0.3) is 0 Å². The average molecular weight is 340 g/mol. The number of aromatic nitrogens is 2. The van der Waals surface area contributed by atoms with E-state index in [4.69, 9.17) is 0 Å². The Balaban J connectivity index is 1.64. The maximum absolute atomic E-state index is 12.5. The summed E-state index contributed by atoms with van der Waals surface area (Å²) in [6.45, 7) is 0. The maximum Gasteiger partial charge on any atom is 0.315 e. The summed E-state index contributed by atoms with van der Waals surface area (Å²) in [5.41, 5.74) is 1.28. The molecular formula is C19H24N4O2. The van der Waals surface area contributed by atoms with Crippen LogP contribution in [-0.2, 0) is 23.1 Å². The van der Waals surface area contributed by atoms with Crippen molar-refractivity contribution in [2.45, 2.75) is 31.7 Å². The molecule has 1 fully saturated rings. The van der Waals surface area contributed by atoms with Crippen molar-refractivity contribution in [1.82, 2.24) is 14.7 Å². The molecule has 0 saturated heterocycles. The number of nitrogens with zero attached hydrogens (tertiary/aromatic N) is 3. The molecule has 1 aromatic carbocycles. The lowest BCUT2D eigenvalue weighted by atomic mass is 9.94. The van der Waals surface area contributed by atoms with Gasteiger partial charge in [-0.05, 0) is 30.7 Å². The zero-order valence-electron chi connectivity index (χ0n) is 14.7. The van der Waals surface area contributed by atoms with Gasteiger partial charge in [0, 0.05) is 26.2 Å². The van der Waals surface area contributed by atoms with Crippen molar-refractivity contribution >= 4 is 17.6 Å². The first-order valence-electron chi connectivity index (χ1n) is 8.66. The summed E-state index contributed by atoms with van der Waals surface area (Å²) in [6, 6.07) is 12.1. The third kappa shape index (κ3) is 3.90. The van der Waals surface area contributed by atoms with Crippen molar-refractivity contribution in [1.29, 1.82) is 0 Å². The number of rotatable bonds is 4. The number of carbonyl (C=O) groups excluding carboxylic acids is 2. The van der Waals surface area contributed by atoms with Gasteiger partial charge in [0.25, 0.3) is 0 Å². The molecule has 6 nitrogen and oxygen atoms in total. The quantitative estimate of drug-likeness (QED) is 0.868. The molecule has 0 bridgehead atoms. The number of benzene rings is 1. The lowest BCUT2D eigenvalue weighted by Crippen LogP contribution is -2.45. The molecule has 2 aromatic rings. The molecule has 1 aliphatic carbocycles. The summed E-state index contributed by atoms with van der Waals surface area (Å²) in [5, 5.41) is 6.62. The number of hydrogen-bond acceptors (Lipinski definition) is 3. The van der Waals surface area contributed by atoms with Crippen LogP contribution in [-0.4, -0.2) is 39.6 Å². The molecule has 0 radical (unpaired) electrons. The Morgan fingerprint density at radius 3 is 2.68 bits per heavy atom. The second-order valence-corrected chi connectivity index (χ2v) is 6.66. The van der Waals surface area contributed by atoms with Crippen LogP contribution < -0.4 is 5.32 Å². The van der Waals surface area contributed by atoms with Gasteiger partial charge in [-0.3, -0.25) is 14.3 Å². The van der Waals surface area contributed by atoms with E-state index in [9.17, 15) is 9.59 Å². The predicted molar refractivity (Wildman–Crippen MR) is 95.9 cm³/mol. The molecule has 0 spiro atoms. The first-order valence-corrected chi connectivity index (χ1v) is 8.66. The van der Waals surface area contributed by atoms with Gasteiger partial charge in [-0.1, -0.05) is 36.8 Å². The Hall–Kier alpha value is -2.63. The molecule has 6 heteroatoms. The molecule has 1 N–H and O–H groups in total. The third-order valence-corrected chi connectivity index (χ3v) is 5.03. The van der Waals surface area contributed by atoms with Crippen LogP contribution in [0.1, 0.15) is 24.8 Å². The van der Waals surface area contributed by atoms with Gasteiger partial charge in [0.2, 0.25) is 0 Å². The van der Waals surface area contributed by atoms with E-state index in [1.807, 2.05) is 18.2 Å². The molecule has 132 valence electrons. The van der Waals surface area contributed by atoms with Gasteiger partial charge >= 0.3 is 11.8 Å². The van der Waals surface area contributed by atoms with Crippen molar-refractivity contribution < 1.29 is 9.59 Å². The Morgan fingerprint density at radius 1 is 1.24 bits per heavy atom. The van der Waals surface area contributed by atoms with Crippen molar-refractivity contribution in [3.8, 4) is 0 Å². The van der Waals surface area contributed by atoms with Crippen molar-refractivity contribution in [2.75, 3.05) is 12.4 Å². The van der Waals surface area contributed by atoms with Crippen LogP contribution in [0.15, 0.2) is 42.6 Å². The highest BCUT2D eigenvalue weighted by atomic mass is 16.2. The lowest BCUT2D eigenvalue weighted by molar-refractivity contribution is -0.144. The number of aryl methyl sites for hydroxylation is 1. The Labute approximate surface area is 147 Å². The van der Waals surface area contributed by atoms with Crippen molar-refractivity contribution in [3.05, 3.63) is 48.2 Å². The fraction of sp³-hybridized carbons (Fsp3) is 0.421. The first kappa shape index (κ1) is 17.2. The van der Waals surface area contributed by atoms with E-state index in [1.165, 1.54) is 10.2 Å². The first-order chi connectivity index (χ1) is 12.1. The molecular weight excluding hydrogens is 316 g/mol. The van der Waals surface area contributed by atoms with E-state index >= 15 is 0 Å². The van der Waals surface area contributed by atoms with Crippen LogP contribution in [0.3, 0.4) is 0 Å². The highest BCUT2D eigenvalue weighted by molar-refractivity contribution is 6.39. The summed E-state index contributed by atoms with van der Waals surface area (Å²) in [5.74, 6) is -0.206. The summed E-state index contributed by atoms with van der Waals surface area (Å²) in [6.07, 6.45) is 5.63. The molecule has 2 atom stereocenters. The Kier molecular flexibility index (Phi) is 5.16. The maximum atomic E-state index is 12.5. The second kappa shape index (κ2) is 7.51. The highest BCUT2D eigenvalue weighted by Crippen LogP contribution is 2.32. The monoisotopic (exact) mass is 340 g/mol. The van der Waals surface area contributed by atoms with Gasteiger partial charge in [-0.25, -0.2) is 0 Å². The predicted octanol–water partition coefficient (Wildman–Crippen LogP) is 2.23. The van der Waals surface area contributed by atoms with E-state index in [0.717, 1.165) is 25.7 Å². The van der Waals surface area contributed by atoms with E-state index in [0.29, 0.717) is 11.7 Å². The number of amides is 2. The van der Waals surface area contributed by atoms with Gasteiger partial charge in [0.05, 0.1) is 6.20 Å². The van der Waals surface area contributed by atoms with Crippen LogP contribution in [0.5, 0.6) is 0 Å². The topological polar surface area (TPSA) is 67.2 Å². The molecule has 1 saturated carbocycles. The number of nitrogens with one attached hydrogen (secondary N) is 1. The highest BCUT2D eigenvalue weighted by Gasteiger charge is 2.34. The molecule has 1 aromatic heterocycles. The number of hydrogen-bond donors (Lipinski definition) is 1. The van der Waals surface area contributed by atoms with Crippen LogP contribution >= 0.6 is 0 Å². The van der Waals surface area contributed by atoms with E-state index in [2.05, 4.69) is 22.5 Å². The smallest absolute Gasteiger partial charge is 0.315 e. The molecule has 25 heavy (non-hydrogen) atoms. The fourth-order valence-corrected chi connectivity index (χ4v) is 3.66. The van der Waals surface area contributed by atoms with E-state index in [-0.39, 0.29) is 6.04 Å². The molecule has 3 rings (SSSR count). The number of likely N-dealkylation sites (N-methyl/N-ethyl adjacent to an activating group) is 1. The Bertz CT molecular complexity index is 741. The third-order valence-electron chi connectivity index (χ3n) is 5.03. The minimum absolute atomic E-state index is 0.102. The normalized spacial score (nSPS) is 19.6. The van der Waals surface area contributed by atoms with Gasteiger partial charge < -0.3 is 10.2 Å². The SMILES string of the molecule is CN(C(=O)C(=O)Nc1ccnn1C)[C@@H]1CCC[C@H]1Cc1ccccc1. The standard InChI is InChI=1S/C19H24N4O2/c1-22(19(25)18(24)21-17-11-12-20-23(17)2)16-10-6-9-15(16)13-14-7-4-3-5-8-14/h3-5,7-8,11-12,15-16H,6,9-10,13H2,1-2H3,(H,21,24)/t15-,16+/m0/s1. The molecule has 0 unspecified atom stereocenters. The number of anilines is 1. The zero-order chi connectivity index (χ0) is 17.8. The van der Waals surface area contributed by atoms with Crippen LogP contribution in [0, 0.1) is 5.92 Å². The van der Waals surface area contributed by atoms with Gasteiger partial charge in [0.1, 0.15) is 5.82 Å². The Morgan fingerprint density at radius 2 is 2.00 bits per heavy atom. The summed E-state index contributed by atoms with van der Waals surface area (Å²) in [7, 11) is 3.45.